The third kappa shape index (κ3) is 4.98. The number of thioether (sulfide) groups is 1. The number of ether oxygens (including phenoxy) is 1. The minimum atomic E-state index is -0.566. The van der Waals surface area contributed by atoms with Crippen LogP contribution in [0.5, 0.6) is 0 Å². The maximum absolute atomic E-state index is 12.1. The molecule has 2 amide bonds. The summed E-state index contributed by atoms with van der Waals surface area (Å²) in [5.74, 6) is -0.547. The lowest BCUT2D eigenvalue weighted by molar-refractivity contribution is -0.125. The van der Waals surface area contributed by atoms with Gasteiger partial charge in [0.2, 0.25) is 5.91 Å². The Kier molecular flexibility index (Phi) is 5.96. The standard InChI is InChI=1S/C18H22N2O4S/c21-16(19-13-5-3-1-2-4-6-13)10-24-18(23)12-7-8-15-14(9-12)20-17(22)11-25-15/h7-9,13H,1-6,10-11H2,(H,19,21)(H,20,22). The molecule has 1 heterocycles. The van der Waals surface area contributed by atoms with Crippen LogP contribution in [0.25, 0.3) is 0 Å². The lowest BCUT2D eigenvalue weighted by Crippen LogP contribution is -2.37. The monoisotopic (exact) mass is 362 g/mol. The molecule has 0 spiro atoms. The summed E-state index contributed by atoms with van der Waals surface area (Å²) in [7, 11) is 0. The van der Waals surface area contributed by atoms with E-state index in [1.165, 1.54) is 24.6 Å². The third-order valence-corrected chi connectivity index (χ3v) is 5.48. The first-order chi connectivity index (χ1) is 12.1. The number of rotatable bonds is 4. The molecule has 0 bridgehead atoms. The summed E-state index contributed by atoms with van der Waals surface area (Å²) >= 11 is 1.43. The molecule has 1 aromatic rings. The molecule has 1 saturated carbocycles. The van der Waals surface area contributed by atoms with Crippen LogP contribution in [-0.2, 0) is 14.3 Å². The average molecular weight is 362 g/mol. The van der Waals surface area contributed by atoms with Gasteiger partial charge in [-0.3, -0.25) is 9.59 Å². The van der Waals surface area contributed by atoms with Gasteiger partial charge in [0.1, 0.15) is 0 Å². The molecule has 0 unspecified atom stereocenters. The van der Waals surface area contributed by atoms with Crippen LogP contribution in [0.4, 0.5) is 5.69 Å². The van der Waals surface area contributed by atoms with Gasteiger partial charge >= 0.3 is 5.97 Å². The maximum atomic E-state index is 12.1. The van der Waals surface area contributed by atoms with Gasteiger partial charge in [-0.1, -0.05) is 25.7 Å². The van der Waals surface area contributed by atoms with Crippen molar-refractivity contribution in [2.45, 2.75) is 49.5 Å². The summed E-state index contributed by atoms with van der Waals surface area (Å²) in [5.41, 5.74) is 0.933. The van der Waals surface area contributed by atoms with E-state index in [0.29, 0.717) is 17.0 Å². The summed E-state index contributed by atoms with van der Waals surface area (Å²) < 4.78 is 5.11. The molecule has 1 aromatic carbocycles. The van der Waals surface area contributed by atoms with Crippen LogP contribution in [0.2, 0.25) is 0 Å². The van der Waals surface area contributed by atoms with Crippen molar-refractivity contribution in [3.05, 3.63) is 23.8 Å². The van der Waals surface area contributed by atoms with Gasteiger partial charge in [-0.05, 0) is 31.0 Å². The number of nitrogens with one attached hydrogen (secondary N) is 2. The van der Waals surface area contributed by atoms with E-state index in [1.54, 1.807) is 18.2 Å². The molecule has 0 aromatic heterocycles. The van der Waals surface area contributed by atoms with Crippen molar-refractivity contribution in [3.63, 3.8) is 0 Å². The van der Waals surface area contributed by atoms with Crippen molar-refractivity contribution in [1.82, 2.24) is 5.32 Å². The minimum absolute atomic E-state index is 0.0919. The molecule has 2 N–H and O–H groups in total. The van der Waals surface area contributed by atoms with Crippen molar-refractivity contribution in [2.75, 3.05) is 17.7 Å². The second kappa shape index (κ2) is 8.38. The number of carbonyl (C=O) groups is 3. The number of anilines is 1. The highest BCUT2D eigenvalue weighted by Crippen LogP contribution is 2.32. The van der Waals surface area contributed by atoms with Crippen molar-refractivity contribution in [3.8, 4) is 0 Å². The van der Waals surface area contributed by atoms with Gasteiger partial charge in [0, 0.05) is 10.9 Å². The molecular weight excluding hydrogens is 340 g/mol. The van der Waals surface area contributed by atoms with Crippen molar-refractivity contribution < 1.29 is 19.1 Å². The number of hydrogen-bond donors (Lipinski definition) is 2. The van der Waals surface area contributed by atoms with Crippen molar-refractivity contribution in [1.29, 1.82) is 0 Å². The Balaban J connectivity index is 1.51. The van der Waals surface area contributed by atoms with Gasteiger partial charge in [-0.2, -0.15) is 0 Å². The lowest BCUT2D eigenvalue weighted by atomic mass is 10.1. The van der Waals surface area contributed by atoms with Gasteiger partial charge in [0.15, 0.2) is 6.61 Å². The fraction of sp³-hybridized carbons (Fsp3) is 0.500. The van der Waals surface area contributed by atoms with Gasteiger partial charge in [-0.25, -0.2) is 4.79 Å². The Morgan fingerprint density at radius 1 is 1.20 bits per heavy atom. The first-order valence-corrected chi connectivity index (χ1v) is 9.63. The summed E-state index contributed by atoms with van der Waals surface area (Å²) in [4.78, 5) is 36.5. The van der Waals surface area contributed by atoms with Crippen LogP contribution in [0.3, 0.4) is 0 Å². The van der Waals surface area contributed by atoms with Gasteiger partial charge in [0.05, 0.1) is 17.0 Å². The number of esters is 1. The highest BCUT2D eigenvalue weighted by molar-refractivity contribution is 8.00. The first kappa shape index (κ1) is 17.8. The predicted molar refractivity (Wildman–Crippen MR) is 95.7 cm³/mol. The molecule has 0 radical (unpaired) electrons. The maximum Gasteiger partial charge on any atom is 0.338 e. The van der Waals surface area contributed by atoms with Gasteiger partial charge in [-0.15, -0.1) is 11.8 Å². The molecule has 0 atom stereocenters. The molecular formula is C18H22N2O4S. The molecule has 1 fully saturated rings. The van der Waals surface area contributed by atoms with Crippen molar-refractivity contribution >= 4 is 35.2 Å². The largest absolute Gasteiger partial charge is 0.452 e. The van der Waals surface area contributed by atoms with E-state index < -0.39 is 5.97 Å². The molecule has 0 saturated heterocycles. The van der Waals surface area contributed by atoms with E-state index in [1.807, 2.05) is 0 Å². The van der Waals surface area contributed by atoms with E-state index in [-0.39, 0.29) is 24.5 Å². The Morgan fingerprint density at radius 2 is 1.96 bits per heavy atom. The molecule has 7 heteroatoms. The van der Waals surface area contributed by atoms with Crippen LogP contribution < -0.4 is 10.6 Å². The van der Waals surface area contributed by atoms with E-state index >= 15 is 0 Å². The fourth-order valence-corrected chi connectivity index (χ4v) is 3.91. The Bertz CT molecular complexity index is 669. The summed E-state index contributed by atoms with van der Waals surface area (Å²) in [6.45, 7) is -0.284. The summed E-state index contributed by atoms with van der Waals surface area (Å²) in [5, 5.41) is 5.68. The minimum Gasteiger partial charge on any atom is -0.452 e. The number of benzene rings is 1. The number of hydrogen-bond acceptors (Lipinski definition) is 5. The smallest absolute Gasteiger partial charge is 0.338 e. The van der Waals surface area contributed by atoms with Crippen LogP contribution in [0, 0.1) is 0 Å². The zero-order chi connectivity index (χ0) is 17.6. The predicted octanol–water partition coefficient (Wildman–Crippen LogP) is 2.73. The zero-order valence-electron chi connectivity index (χ0n) is 14.0. The molecule has 1 aliphatic carbocycles. The van der Waals surface area contributed by atoms with E-state index in [2.05, 4.69) is 10.6 Å². The molecule has 1 aliphatic heterocycles. The molecule has 6 nitrogen and oxygen atoms in total. The normalized spacial score (nSPS) is 17.8. The van der Waals surface area contributed by atoms with Gasteiger partial charge in [0.25, 0.3) is 5.91 Å². The van der Waals surface area contributed by atoms with E-state index in [0.717, 1.165) is 30.6 Å². The van der Waals surface area contributed by atoms with Crippen LogP contribution in [-0.4, -0.2) is 36.2 Å². The fourth-order valence-electron chi connectivity index (χ4n) is 3.12. The Labute approximate surface area is 151 Å². The quantitative estimate of drug-likeness (QED) is 0.635. The molecule has 25 heavy (non-hydrogen) atoms. The zero-order valence-corrected chi connectivity index (χ0v) is 14.8. The lowest BCUT2D eigenvalue weighted by Gasteiger charge is -2.17. The molecule has 134 valence electrons. The highest BCUT2D eigenvalue weighted by atomic mass is 32.2. The second-order valence-corrected chi connectivity index (χ2v) is 7.40. The van der Waals surface area contributed by atoms with E-state index in [9.17, 15) is 14.4 Å². The third-order valence-electron chi connectivity index (χ3n) is 4.40. The van der Waals surface area contributed by atoms with E-state index in [4.69, 9.17) is 4.74 Å². The molecule has 3 rings (SSSR count). The number of amides is 2. The summed E-state index contributed by atoms with van der Waals surface area (Å²) in [6.07, 6.45) is 6.67. The Hall–Kier alpha value is -2.02. The highest BCUT2D eigenvalue weighted by Gasteiger charge is 2.19. The van der Waals surface area contributed by atoms with Crippen LogP contribution in [0.15, 0.2) is 23.1 Å². The SMILES string of the molecule is O=C1CSc2ccc(C(=O)OCC(=O)NC3CCCCCC3)cc2N1. The topological polar surface area (TPSA) is 84.5 Å². The number of fused-ring (bicyclic) bond motifs is 1. The molecule has 2 aliphatic rings. The van der Waals surface area contributed by atoms with Gasteiger partial charge < -0.3 is 15.4 Å². The van der Waals surface area contributed by atoms with Crippen LogP contribution in [0.1, 0.15) is 48.9 Å². The average Bonchev–Trinajstić information content (AvgIpc) is 2.87. The summed E-state index contributed by atoms with van der Waals surface area (Å²) in [6, 6.07) is 5.20. The first-order valence-electron chi connectivity index (χ1n) is 8.65. The Morgan fingerprint density at radius 3 is 2.72 bits per heavy atom. The van der Waals surface area contributed by atoms with Crippen molar-refractivity contribution in [2.24, 2.45) is 0 Å². The number of carbonyl (C=O) groups excluding carboxylic acids is 3. The van der Waals surface area contributed by atoms with Crippen LogP contribution >= 0.6 is 11.8 Å². The second-order valence-electron chi connectivity index (χ2n) is 6.38.